The minimum atomic E-state index is -0.442. The zero-order valence-electron chi connectivity index (χ0n) is 11.6. The minimum Gasteiger partial charge on any atom is -0.343 e. The molecule has 0 spiro atoms. The zero-order valence-corrected chi connectivity index (χ0v) is 13.3. The van der Waals surface area contributed by atoms with E-state index in [1.54, 1.807) is 10.4 Å². The first-order valence-electron chi connectivity index (χ1n) is 6.79. The monoisotopic (exact) mass is 334 g/mol. The van der Waals surface area contributed by atoms with E-state index < -0.39 is 6.04 Å². The van der Waals surface area contributed by atoms with Gasteiger partial charge in [-0.05, 0) is 18.6 Å². The van der Waals surface area contributed by atoms with E-state index in [0.717, 1.165) is 10.0 Å². The molecule has 2 heterocycles. The van der Waals surface area contributed by atoms with E-state index in [9.17, 15) is 9.59 Å². The van der Waals surface area contributed by atoms with Gasteiger partial charge in [-0.2, -0.15) is 0 Å². The summed E-state index contributed by atoms with van der Waals surface area (Å²) in [6.07, 6.45) is 0.628. The van der Waals surface area contributed by atoms with Crippen molar-refractivity contribution in [3.8, 4) is 0 Å². The van der Waals surface area contributed by atoms with Crippen molar-refractivity contribution in [2.75, 3.05) is 17.2 Å². The summed E-state index contributed by atoms with van der Waals surface area (Å²) in [6, 6.07) is 9.05. The molecule has 0 aliphatic carbocycles. The Kier molecular flexibility index (Phi) is 4.69. The number of carbonyl (C=O) groups excluding carboxylic acids is 2. The number of hydrogen-bond donors (Lipinski definition) is 1. The number of nitrogens with one attached hydrogen (secondary N) is 1. The summed E-state index contributed by atoms with van der Waals surface area (Å²) in [5.74, 6) is 0.0264. The third-order valence-electron chi connectivity index (χ3n) is 3.28. The van der Waals surface area contributed by atoms with Crippen LogP contribution in [0.4, 0.5) is 5.69 Å². The lowest BCUT2D eigenvalue weighted by Gasteiger charge is -2.17. The van der Waals surface area contributed by atoms with Gasteiger partial charge in [0.05, 0.1) is 5.75 Å². The van der Waals surface area contributed by atoms with Crippen LogP contribution in [0.15, 0.2) is 40.2 Å². The third-order valence-corrected chi connectivity index (χ3v) is 5.14. The van der Waals surface area contributed by atoms with E-state index in [1.807, 2.05) is 30.3 Å². The number of thioether (sulfide) groups is 1. The smallest absolute Gasteiger partial charge is 0.249 e. The Morgan fingerprint density at radius 1 is 1.41 bits per heavy atom. The van der Waals surface area contributed by atoms with Gasteiger partial charge in [-0.25, -0.2) is 0 Å². The highest BCUT2D eigenvalue weighted by Crippen LogP contribution is 2.22. The van der Waals surface area contributed by atoms with Gasteiger partial charge in [0.25, 0.3) is 0 Å². The molecule has 3 rings (SSSR count). The van der Waals surface area contributed by atoms with Crippen molar-refractivity contribution in [3.05, 3.63) is 35.8 Å². The molecule has 1 aliphatic rings. The largest absolute Gasteiger partial charge is 0.343 e. The first-order valence-corrected chi connectivity index (χ1v) is 8.65. The van der Waals surface area contributed by atoms with E-state index in [1.165, 1.54) is 23.1 Å². The maximum absolute atomic E-state index is 12.4. The standard InChI is InChI=1S/C14H14N4O2S2/c19-12(8-21-14-17-15-9-22-14)16-11-6-7-18(13(11)20)10-4-2-1-3-5-10/h1-5,9,11H,6-8H2,(H,16,19)/t11-/m0/s1. The number of rotatable bonds is 5. The van der Waals surface area contributed by atoms with Crippen LogP contribution in [0.2, 0.25) is 0 Å². The van der Waals surface area contributed by atoms with E-state index in [4.69, 9.17) is 0 Å². The quantitative estimate of drug-likeness (QED) is 0.840. The minimum absolute atomic E-state index is 0.0551. The van der Waals surface area contributed by atoms with Crippen LogP contribution in [0, 0.1) is 0 Å². The lowest BCUT2D eigenvalue weighted by molar-refractivity contribution is -0.124. The lowest BCUT2D eigenvalue weighted by atomic mass is 10.2. The SMILES string of the molecule is O=C(CSc1nncs1)N[C@H]1CCN(c2ccccc2)C1=O. The van der Waals surface area contributed by atoms with Crippen molar-refractivity contribution in [1.29, 1.82) is 0 Å². The van der Waals surface area contributed by atoms with Gasteiger partial charge in [-0.1, -0.05) is 41.3 Å². The summed E-state index contributed by atoms with van der Waals surface area (Å²) < 4.78 is 0.749. The fourth-order valence-corrected chi connectivity index (χ4v) is 3.57. The van der Waals surface area contributed by atoms with Crippen LogP contribution >= 0.6 is 23.1 Å². The summed E-state index contributed by atoms with van der Waals surface area (Å²) in [4.78, 5) is 26.0. The maximum atomic E-state index is 12.4. The number of amides is 2. The molecular formula is C14H14N4O2S2. The van der Waals surface area contributed by atoms with Gasteiger partial charge in [0, 0.05) is 12.2 Å². The Morgan fingerprint density at radius 3 is 2.95 bits per heavy atom. The van der Waals surface area contributed by atoms with Gasteiger partial charge in [0.2, 0.25) is 11.8 Å². The Hall–Kier alpha value is -1.93. The zero-order chi connectivity index (χ0) is 15.4. The fourth-order valence-electron chi connectivity index (χ4n) is 2.27. The molecule has 1 atom stereocenters. The van der Waals surface area contributed by atoms with Crippen LogP contribution < -0.4 is 10.2 Å². The molecule has 6 nitrogen and oxygen atoms in total. The number of anilines is 1. The molecule has 22 heavy (non-hydrogen) atoms. The highest BCUT2D eigenvalue weighted by Gasteiger charge is 2.33. The fraction of sp³-hybridized carbons (Fsp3) is 0.286. The van der Waals surface area contributed by atoms with Crippen LogP contribution in [-0.2, 0) is 9.59 Å². The van der Waals surface area contributed by atoms with Crippen molar-refractivity contribution in [3.63, 3.8) is 0 Å². The van der Waals surface area contributed by atoms with Gasteiger partial charge in [0.15, 0.2) is 4.34 Å². The first kappa shape index (κ1) is 15.0. The predicted molar refractivity (Wildman–Crippen MR) is 86.0 cm³/mol. The molecule has 1 aromatic heterocycles. The molecule has 2 aromatic rings. The van der Waals surface area contributed by atoms with Crippen LogP contribution in [0.5, 0.6) is 0 Å². The molecular weight excluding hydrogens is 320 g/mol. The van der Waals surface area contributed by atoms with Crippen LogP contribution in [-0.4, -0.2) is 40.4 Å². The second-order valence-corrected chi connectivity index (χ2v) is 6.78. The molecule has 0 radical (unpaired) electrons. The summed E-state index contributed by atoms with van der Waals surface area (Å²) in [7, 11) is 0. The second kappa shape index (κ2) is 6.89. The molecule has 1 aromatic carbocycles. The number of para-hydroxylation sites is 1. The normalized spacial score (nSPS) is 17.7. The first-order chi connectivity index (χ1) is 10.7. The molecule has 8 heteroatoms. The summed E-state index contributed by atoms with van der Waals surface area (Å²) in [5.41, 5.74) is 2.49. The van der Waals surface area contributed by atoms with Gasteiger partial charge >= 0.3 is 0 Å². The lowest BCUT2D eigenvalue weighted by Crippen LogP contribution is -2.42. The van der Waals surface area contributed by atoms with E-state index in [-0.39, 0.29) is 17.6 Å². The molecule has 1 N–H and O–H groups in total. The second-order valence-electron chi connectivity index (χ2n) is 4.73. The number of carbonyl (C=O) groups is 2. The summed E-state index contributed by atoms with van der Waals surface area (Å²) in [5, 5.41) is 10.4. The van der Waals surface area contributed by atoms with Gasteiger partial charge < -0.3 is 10.2 Å². The highest BCUT2D eigenvalue weighted by molar-refractivity contribution is 8.01. The average molecular weight is 334 g/mol. The average Bonchev–Trinajstić information content (AvgIpc) is 3.17. The molecule has 1 saturated heterocycles. The Bertz CT molecular complexity index is 648. The molecule has 0 saturated carbocycles. The Labute approximate surface area is 135 Å². The molecule has 1 aliphatic heterocycles. The van der Waals surface area contributed by atoms with Crippen molar-refractivity contribution in [1.82, 2.24) is 15.5 Å². The van der Waals surface area contributed by atoms with E-state index >= 15 is 0 Å². The van der Waals surface area contributed by atoms with Crippen LogP contribution in [0.25, 0.3) is 0 Å². The maximum Gasteiger partial charge on any atom is 0.249 e. The molecule has 0 bridgehead atoms. The third kappa shape index (κ3) is 3.45. The molecule has 114 valence electrons. The topological polar surface area (TPSA) is 75.2 Å². The summed E-state index contributed by atoms with van der Waals surface area (Å²) in [6.45, 7) is 0.622. The predicted octanol–water partition coefficient (Wildman–Crippen LogP) is 1.55. The number of hydrogen-bond acceptors (Lipinski definition) is 6. The molecule has 2 amide bonds. The van der Waals surface area contributed by atoms with Crippen molar-refractivity contribution >= 4 is 40.6 Å². The van der Waals surface area contributed by atoms with Crippen molar-refractivity contribution in [2.45, 2.75) is 16.8 Å². The van der Waals surface area contributed by atoms with Gasteiger partial charge in [-0.15, -0.1) is 10.2 Å². The Balaban J connectivity index is 1.53. The molecule has 0 unspecified atom stereocenters. The van der Waals surface area contributed by atoms with E-state index in [0.29, 0.717) is 13.0 Å². The summed E-state index contributed by atoms with van der Waals surface area (Å²) >= 11 is 2.72. The Morgan fingerprint density at radius 2 is 2.23 bits per heavy atom. The van der Waals surface area contributed by atoms with Gasteiger partial charge in [-0.3, -0.25) is 9.59 Å². The number of benzene rings is 1. The molecule has 1 fully saturated rings. The number of nitrogens with zero attached hydrogens (tertiary/aromatic N) is 3. The van der Waals surface area contributed by atoms with Crippen molar-refractivity contribution in [2.24, 2.45) is 0 Å². The highest BCUT2D eigenvalue weighted by atomic mass is 32.2. The number of aromatic nitrogens is 2. The van der Waals surface area contributed by atoms with Crippen LogP contribution in [0.1, 0.15) is 6.42 Å². The van der Waals surface area contributed by atoms with Gasteiger partial charge in [0.1, 0.15) is 11.6 Å². The van der Waals surface area contributed by atoms with Crippen LogP contribution in [0.3, 0.4) is 0 Å². The van der Waals surface area contributed by atoms with Crippen molar-refractivity contribution < 1.29 is 9.59 Å². The van der Waals surface area contributed by atoms with E-state index in [2.05, 4.69) is 15.5 Å².